The molecule has 4 aromatic carbocycles. The molecule has 0 saturated carbocycles. The van der Waals surface area contributed by atoms with Gasteiger partial charge in [-0.2, -0.15) is 5.10 Å². The van der Waals surface area contributed by atoms with Crippen LogP contribution in [0.3, 0.4) is 0 Å². The molecule has 0 aromatic heterocycles. The van der Waals surface area contributed by atoms with Crippen LogP contribution in [0.4, 0.5) is 4.79 Å². The van der Waals surface area contributed by atoms with Crippen molar-refractivity contribution in [2.24, 2.45) is 5.10 Å². The molecule has 0 bridgehead atoms. The number of rotatable bonds is 7. The Morgan fingerprint density at radius 2 is 1.49 bits per heavy atom. The van der Waals surface area contributed by atoms with Crippen LogP contribution in [-0.4, -0.2) is 74.8 Å². The van der Waals surface area contributed by atoms with E-state index in [1.165, 1.54) is 15.8 Å². The molecule has 0 N–H and O–H groups in total. The molecule has 0 spiro atoms. The van der Waals surface area contributed by atoms with Gasteiger partial charge in [-0.3, -0.25) is 29.3 Å². The van der Waals surface area contributed by atoms with Crippen LogP contribution in [0.1, 0.15) is 29.2 Å². The number of piperazine rings is 1. The van der Waals surface area contributed by atoms with Crippen LogP contribution in [0.25, 0.3) is 10.8 Å². The van der Waals surface area contributed by atoms with Gasteiger partial charge in [-0.25, -0.2) is 0 Å². The van der Waals surface area contributed by atoms with Gasteiger partial charge in [0.1, 0.15) is 0 Å². The van der Waals surface area contributed by atoms with Gasteiger partial charge < -0.3 is 0 Å². The largest absolute Gasteiger partial charge is 0.297 e. The molecule has 2 fully saturated rings. The Labute approximate surface area is 260 Å². The molecule has 3 aliphatic heterocycles. The molecule has 2 saturated heterocycles. The highest BCUT2D eigenvalue weighted by Gasteiger charge is 2.47. The molecule has 2 atom stereocenters. The maximum Gasteiger partial charge on any atom is 0.292 e. The first-order valence-corrected chi connectivity index (χ1v) is 15.9. The van der Waals surface area contributed by atoms with E-state index in [0.29, 0.717) is 18.1 Å². The fourth-order valence-corrected chi connectivity index (χ4v) is 7.22. The molecule has 43 heavy (non-hydrogen) atoms. The molecule has 3 aliphatic rings. The molecule has 0 aliphatic carbocycles. The number of carbonyl (C=O) groups excluding carboxylic acids is 2. The average Bonchev–Trinajstić information content (AvgIpc) is 3.59. The van der Waals surface area contributed by atoms with Crippen LogP contribution in [0.2, 0.25) is 5.02 Å². The molecule has 2 unspecified atom stereocenters. The first-order chi connectivity index (χ1) is 21.0. The van der Waals surface area contributed by atoms with Gasteiger partial charge in [-0.05, 0) is 57.4 Å². The molecule has 218 valence electrons. The number of carbonyl (C=O) groups is 2. The molecular weight excluding hydrogens is 578 g/mol. The Morgan fingerprint density at radius 3 is 2.26 bits per heavy atom. The van der Waals surface area contributed by atoms with E-state index in [1.54, 1.807) is 0 Å². The van der Waals surface area contributed by atoms with Crippen molar-refractivity contribution in [1.82, 2.24) is 19.7 Å². The molecule has 7 nitrogen and oxygen atoms in total. The van der Waals surface area contributed by atoms with E-state index in [9.17, 15) is 9.59 Å². The summed E-state index contributed by atoms with van der Waals surface area (Å²) in [5.41, 5.74) is 4.23. The number of amides is 2. The zero-order chi connectivity index (χ0) is 29.3. The lowest BCUT2D eigenvalue weighted by atomic mass is 9.97. The van der Waals surface area contributed by atoms with Gasteiger partial charge in [0.05, 0.1) is 18.4 Å². The minimum Gasteiger partial charge on any atom is -0.297 e. The van der Waals surface area contributed by atoms with Crippen LogP contribution in [0, 0.1) is 0 Å². The fourth-order valence-electron chi connectivity index (χ4n) is 6.10. The van der Waals surface area contributed by atoms with E-state index in [0.717, 1.165) is 66.7 Å². The number of thioether (sulfide) groups is 1. The van der Waals surface area contributed by atoms with E-state index in [2.05, 4.69) is 64.4 Å². The molecule has 9 heteroatoms. The van der Waals surface area contributed by atoms with Crippen LogP contribution < -0.4 is 0 Å². The van der Waals surface area contributed by atoms with Gasteiger partial charge in [0.25, 0.3) is 11.1 Å². The molecule has 4 aromatic rings. The lowest BCUT2D eigenvalue weighted by Crippen LogP contribution is -2.51. The third-order valence-electron chi connectivity index (χ3n) is 8.49. The van der Waals surface area contributed by atoms with Gasteiger partial charge in [-0.15, -0.1) is 0 Å². The summed E-state index contributed by atoms with van der Waals surface area (Å²) in [6.45, 7) is 4.62. The fraction of sp³-hybridized carbons (Fsp3) is 0.265. The van der Waals surface area contributed by atoms with Crippen LogP contribution in [0.15, 0.2) is 102 Å². The first-order valence-electron chi connectivity index (χ1n) is 14.6. The highest BCUT2D eigenvalue weighted by atomic mass is 35.5. The number of nitrogens with zero attached hydrogens (tertiary/aromatic N) is 5. The lowest BCUT2D eigenvalue weighted by Gasteiger charge is -2.36. The van der Waals surface area contributed by atoms with E-state index in [4.69, 9.17) is 16.7 Å². The Kier molecular flexibility index (Phi) is 7.93. The number of halogens is 1. The van der Waals surface area contributed by atoms with Crippen LogP contribution in [0.5, 0.6) is 0 Å². The summed E-state index contributed by atoms with van der Waals surface area (Å²) in [5.74, 6) is -0.204. The normalized spacial score (nSPS) is 21.7. The molecular formula is C34H32ClN5O2S. The number of hydrazone groups is 1. The van der Waals surface area contributed by atoms with Crippen molar-refractivity contribution < 1.29 is 9.59 Å². The smallest absolute Gasteiger partial charge is 0.292 e. The Balaban J connectivity index is 1.08. The summed E-state index contributed by atoms with van der Waals surface area (Å²) in [6, 6.07) is 32.6. The molecule has 3 heterocycles. The van der Waals surface area contributed by atoms with Crippen molar-refractivity contribution in [3.8, 4) is 0 Å². The van der Waals surface area contributed by atoms with Crippen molar-refractivity contribution in [2.45, 2.75) is 24.4 Å². The number of fused-ring (bicyclic) bond motifs is 1. The standard InChI is InChI=1S/C34H32ClN5O2S/c35-29-14-12-26(13-15-29)31-21-30(28-11-10-25-8-4-5-9-27(25)20-28)36-40(31)33-32(41)39(34(42)43-33)23-38-18-16-37(17-19-38)22-24-6-2-1-3-7-24/h1-15,20,31,33H,16-19,21-23H2. The molecule has 0 radical (unpaired) electrons. The van der Waals surface area contributed by atoms with Crippen LogP contribution >= 0.6 is 23.4 Å². The van der Waals surface area contributed by atoms with Gasteiger partial charge in [0.15, 0.2) is 5.37 Å². The number of hydrogen-bond acceptors (Lipinski definition) is 7. The summed E-state index contributed by atoms with van der Waals surface area (Å²) in [7, 11) is 0. The van der Waals surface area contributed by atoms with Gasteiger partial charge >= 0.3 is 0 Å². The highest BCUT2D eigenvalue weighted by molar-refractivity contribution is 8.15. The predicted molar refractivity (Wildman–Crippen MR) is 173 cm³/mol. The van der Waals surface area contributed by atoms with Crippen molar-refractivity contribution in [3.63, 3.8) is 0 Å². The lowest BCUT2D eigenvalue weighted by molar-refractivity contribution is -0.132. The Bertz CT molecular complexity index is 1670. The summed E-state index contributed by atoms with van der Waals surface area (Å²) < 4.78 is 0. The second-order valence-corrected chi connectivity index (χ2v) is 12.8. The summed E-state index contributed by atoms with van der Waals surface area (Å²) >= 11 is 7.27. The third kappa shape index (κ3) is 5.93. The summed E-state index contributed by atoms with van der Waals surface area (Å²) in [6.07, 6.45) is 0.627. The van der Waals surface area contributed by atoms with E-state index in [1.807, 2.05) is 47.5 Å². The van der Waals surface area contributed by atoms with Crippen molar-refractivity contribution in [2.75, 3.05) is 32.8 Å². The second-order valence-electron chi connectivity index (χ2n) is 11.3. The number of benzene rings is 4. The van der Waals surface area contributed by atoms with Crippen molar-refractivity contribution >= 4 is 51.0 Å². The summed E-state index contributed by atoms with van der Waals surface area (Å²) in [4.78, 5) is 33.1. The minimum atomic E-state index is -0.717. The van der Waals surface area contributed by atoms with Gasteiger partial charge in [-0.1, -0.05) is 90.5 Å². The minimum absolute atomic E-state index is 0.186. The topological polar surface area (TPSA) is 59.5 Å². The zero-order valence-electron chi connectivity index (χ0n) is 23.7. The van der Waals surface area contributed by atoms with Crippen LogP contribution in [-0.2, 0) is 11.3 Å². The van der Waals surface area contributed by atoms with E-state index < -0.39 is 5.37 Å². The maximum absolute atomic E-state index is 13.8. The number of hydrogen-bond donors (Lipinski definition) is 0. The zero-order valence-corrected chi connectivity index (χ0v) is 25.3. The van der Waals surface area contributed by atoms with E-state index in [-0.39, 0.29) is 17.2 Å². The Morgan fingerprint density at radius 1 is 0.791 bits per heavy atom. The predicted octanol–water partition coefficient (Wildman–Crippen LogP) is 6.44. The molecule has 7 rings (SSSR count). The summed E-state index contributed by atoms with van der Waals surface area (Å²) in [5, 5.41) is 8.89. The van der Waals surface area contributed by atoms with Gasteiger partial charge in [0, 0.05) is 44.2 Å². The maximum atomic E-state index is 13.8. The monoisotopic (exact) mass is 609 g/mol. The Hall–Kier alpha value is -3.69. The molecule has 2 amide bonds. The van der Waals surface area contributed by atoms with Gasteiger partial charge in [0.2, 0.25) is 0 Å². The quantitative estimate of drug-likeness (QED) is 0.240. The van der Waals surface area contributed by atoms with E-state index >= 15 is 0 Å². The third-order valence-corrected chi connectivity index (χ3v) is 9.80. The SMILES string of the molecule is O=C1SC(N2N=C(c3ccc4ccccc4c3)CC2c2ccc(Cl)cc2)C(=O)N1CN1CCN(Cc2ccccc2)CC1. The van der Waals surface area contributed by atoms with Crippen molar-refractivity contribution in [3.05, 3.63) is 119 Å². The second kappa shape index (κ2) is 12.1. The first kappa shape index (κ1) is 28.1. The number of imide groups is 1. The van der Waals surface area contributed by atoms with Crippen molar-refractivity contribution in [1.29, 1.82) is 0 Å². The highest BCUT2D eigenvalue weighted by Crippen LogP contribution is 2.41. The average molecular weight is 610 g/mol.